The molecule has 0 heterocycles. The molecule has 7 heteroatoms. The molecular weight excluding hydrogens is 248 g/mol. The number of carboxylic acids is 1. The number of nitrogens with zero attached hydrogens (tertiary/aromatic N) is 1. The summed E-state index contributed by atoms with van der Waals surface area (Å²) < 4.78 is 0. The van der Waals surface area contributed by atoms with Crippen LogP contribution in [0.3, 0.4) is 0 Å². The molecule has 1 aromatic rings. The Morgan fingerprint density at radius 1 is 1.65 bits per heavy atom. The first-order chi connectivity index (χ1) is 7.93. The van der Waals surface area contributed by atoms with Gasteiger partial charge in [0, 0.05) is 12.6 Å². The van der Waals surface area contributed by atoms with E-state index in [0.29, 0.717) is 0 Å². The molecule has 0 aromatic heterocycles. The van der Waals surface area contributed by atoms with Crippen LogP contribution in [0.2, 0.25) is 5.02 Å². The van der Waals surface area contributed by atoms with Crippen molar-refractivity contribution in [1.82, 2.24) is 5.32 Å². The summed E-state index contributed by atoms with van der Waals surface area (Å²) in [7, 11) is 0. The lowest BCUT2D eigenvalue weighted by Gasteiger charge is -2.10. The zero-order valence-corrected chi connectivity index (χ0v) is 9.77. The van der Waals surface area contributed by atoms with Crippen LogP contribution in [0.15, 0.2) is 18.2 Å². The summed E-state index contributed by atoms with van der Waals surface area (Å²) in [6.45, 7) is 1.48. The predicted octanol–water partition coefficient (Wildman–Crippen LogP) is 1.81. The number of aliphatic carboxylic acids is 1. The minimum Gasteiger partial charge on any atom is -0.480 e. The van der Waals surface area contributed by atoms with E-state index < -0.39 is 16.9 Å². The van der Waals surface area contributed by atoms with Crippen LogP contribution in [0.5, 0.6) is 0 Å². The van der Waals surface area contributed by atoms with Crippen molar-refractivity contribution in [2.24, 2.45) is 0 Å². The summed E-state index contributed by atoms with van der Waals surface area (Å²) >= 11 is 5.84. The summed E-state index contributed by atoms with van der Waals surface area (Å²) in [5.74, 6) is -1.03. The van der Waals surface area contributed by atoms with E-state index in [4.69, 9.17) is 16.7 Å². The summed E-state index contributed by atoms with van der Waals surface area (Å²) in [5.41, 5.74) is 0.162. The Morgan fingerprint density at radius 2 is 2.29 bits per heavy atom. The smallest absolute Gasteiger partial charge is 0.320 e. The third-order valence-corrected chi connectivity index (χ3v) is 2.60. The highest BCUT2D eigenvalue weighted by atomic mass is 35.5. The van der Waals surface area contributed by atoms with Gasteiger partial charge < -0.3 is 10.4 Å². The van der Waals surface area contributed by atoms with Crippen LogP contribution in [-0.4, -0.2) is 22.0 Å². The predicted molar refractivity (Wildman–Crippen MR) is 62.0 cm³/mol. The van der Waals surface area contributed by atoms with Crippen molar-refractivity contribution >= 4 is 23.3 Å². The molecule has 1 rings (SSSR count). The fraction of sp³-hybridized carbons (Fsp3) is 0.300. The van der Waals surface area contributed by atoms with Crippen molar-refractivity contribution in [3.63, 3.8) is 0 Å². The number of nitrogens with one attached hydrogen (secondary N) is 1. The average molecular weight is 259 g/mol. The van der Waals surface area contributed by atoms with Crippen molar-refractivity contribution in [2.75, 3.05) is 0 Å². The molecule has 0 saturated carbocycles. The Labute approximate surface area is 102 Å². The van der Waals surface area contributed by atoms with Gasteiger partial charge in [0.25, 0.3) is 5.69 Å². The lowest BCUT2D eigenvalue weighted by atomic mass is 10.1. The number of hydrogen-bond acceptors (Lipinski definition) is 4. The first-order valence-corrected chi connectivity index (χ1v) is 5.19. The van der Waals surface area contributed by atoms with Crippen molar-refractivity contribution < 1.29 is 14.8 Å². The fourth-order valence-electron chi connectivity index (χ4n) is 1.24. The molecule has 0 saturated heterocycles. The molecule has 92 valence electrons. The Morgan fingerprint density at radius 3 is 2.82 bits per heavy atom. The van der Waals surface area contributed by atoms with Crippen LogP contribution in [0.25, 0.3) is 0 Å². The van der Waals surface area contributed by atoms with Crippen LogP contribution in [0, 0.1) is 10.1 Å². The molecule has 6 nitrogen and oxygen atoms in total. The summed E-state index contributed by atoms with van der Waals surface area (Å²) in [6.07, 6.45) is 0. The molecular formula is C10H11ClN2O4. The van der Waals surface area contributed by atoms with E-state index in [9.17, 15) is 14.9 Å². The SMILES string of the molecule is CC(NCc1c(Cl)cccc1[N+](=O)[O-])C(=O)O. The molecule has 0 amide bonds. The van der Waals surface area contributed by atoms with Crippen LogP contribution in [-0.2, 0) is 11.3 Å². The van der Waals surface area contributed by atoms with Gasteiger partial charge in [-0.1, -0.05) is 17.7 Å². The Balaban J connectivity index is 2.90. The van der Waals surface area contributed by atoms with E-state index >= 15 is 0 Å². The second kappa shape index (κ2) is 5.60. The Bertz CT molecular complexity index is 450. The van der Waals surface area contributed by atoms with Gasteiger partial charge >= 0.3 is 5.97 Å². The first-order valence-electron chi connectivity index (χ1n) is 4.81. The molecule has 1 unspecified atom stereocenters. The van der Waals surface area contributed by atoms with Crippen LogP contribution in [0.4, 0.5) is 5.69 Å². The number of hydrogen-bond donors (Lipinski definition) is 2. The topological polar surface area (TPSA) is 92.5 Å². The van der Waals surface area contributed by atoms with Crippen molar-refractivity contribution in [3.05, 3.63) is 38.9 Å². The first kappa shape index (κ1) is 13.4. The van der Waals surface area contributed by atoms with Crippen LogP contribution >= 0.6 is 11.6 Å². The second-order valence-electron chi connectivity index (χ2n) is 3.44. The van der Waals surface area contributed by atoms with Gasteiger partial charge in [-0.2, -0.15) is 0 Å². The van der Waals surface area contributed by atoms with Crippen molar-refractivity contribution in [2.45, 2.75) is 19.5 Å². The van der Waals surface area contributed by atoms with Gasteiger partial charge in [-0.05, 0) is 13.0 Å². The average Bonchev–Trinajstić information content (AvgIpc) is 2.26. The van der Waals surface area contributed by atoms with E-state index in [0.717, 1.165) is 0 Å². The van der Waals surface area contributed by atoms with Crippen LogP contribution < -0.4 is 5.32 Å². The quantitative estimate of drug-likeness (QED) is 0.621. The van der Waals surface area contributed by atoms with Gasteiger partial charge in [0.05, 0.1) is 15.5 Å². The molecule has 1 aromatic carbocycles. The standard InChI is InChI=1S/C10H11ClN2O4/c1-6(10(14)15)12-5-7-8(11)3-2-4-9(7)13(16)17/h2-4,6,12H,5H2,1H3,(H,14,15). The normalized spacial score (nSPS) is 12.1. The van der Waals surface area contributed by atoms with E-state index in [1.165, 1.54) is 25.1 Å². The number of nitro benzene ring substituents is 1. The van der Waals surface area contributed by atoms with Crippen molar-refractivity contribution in [1.29, 1.82) is 0 Å². The summed E-state index contributed by atoms with van der Waals surface area (Å²) in [4.78, 5) is 20.8. The van der Waals surface area contributed by atoms with E-state index in [-0.39, 0.29) is 22.8 Å². The van der Waals surface area contributed by atoms with E-state index in [1.807, 2.05) is 0 Å². The minimum absolute atomic E-state index is 0.0312. The van der Waals surface area contributed by atoms with E-state index in [1.54, 1.807) is 0 Å². The molecule has 0 spiro atoms. The van der Waals surface area contributed by atoms with Gasteiger partial charge in [-0.3, -0.25) is 14.9 Å². The van der Waals surface area contributed by atoms with Gasteiger partial charge in [-0.15, -0.1) is 0 Å². The van der Waals surface area contributed by atoms with Gasteiger partial charge in [0.15, 0.2) is 0 Å². The number of carboxylic acid groups (broad SMARTS) is 1. The number of carbonyl (C=O) groups is 1. The highest BCUT2D eigenvalue weighted by Crippen LogP contribution is 2.25. The maximum absolute atomic E-state index is 10.8. The zero-order chi connectivity index (χ0) is 13.0. The Kier molecular flexibility index (Phi) is 4.42. The van der Waals surface area contributed by atoms with Crippen molar-refractivity contribution in [3.8, 4) is 0 Å². The largest absolute Gasteiger partial charge is 0.480 e. The molecule has 0 bridgehead atoms. The summed E-state index contributed by atoms with van der Waals surface area (Å²) in [6, 6.07) is 3.53. The molecule has 2 N–H and O–H groups in total. The zero-order valence-electron chi connectivity index (χ0n) is 9.01. The molecule has 0 aliphatic carbocycles. The van der Waals surface area contributed by atoms with Gasteiger partial charge in [-0.25, -0.2) is 0 Å². The van der Waals surface area contributed by atoms with E-state index in [2.05, 4.69) is 5.32 Å². The number of nitro groups is 1. The molecule has 1 atom stereocenters. The summed E-state index contributed by atoms with van der Waals surface area (Å²) in [5, 5.41) is 22.3. The molecule has 0 fully saturated rings. The highest BCUT2D eigenvalue weighted by Gasteiger charge is 2.18. The van der Waals surface area contributed by atoms with Gasteiger partial charge in [0.2, 0.25) is 0 Å². The monoisotopic (exact) mass is 258 g/mol. The number of benzene rings is 1. The third kappa shape index (κ3) is 3.40. The number of rotatable bonds is 5. The maximum atomic E-state index is 10.8. The molecule has 0 radical (unpaired) electrons. The molecule has 0 aliphatic heterocycles. The fourth-order valence-corrected chi connectivity index (χ4v) is 1.47. The van der Waals surface area contributed by atoms with Crippen LogP contribution in [0.1, 0.15) is 12.5 Å². The lowest BCUT2D eigenvalue weighted by Crippen LogP contribution is -2.33. The second-order valence-corrected chi connectivity index (χ2v) is 3.84. The molecule has 17 heavy (non-hydrogen) atoms. The highest BCUT2D eigenvalue weighted by molar-refractivity contribution is 6.31. The third-order valence-electron chi connectivity index (χ3n) is 2.25. The molecule has 0 aliphatic rings. The van der Waals surface area contributed by atoms with Gasteiger partial charge in [0.1, 0.15) is 6.04 Å². The lowest BCUT2D eigenvalue weighted by molar-refractivity contribution is -0.385. The maximum Gasteiger partial charge on any atom is 0.320 e. The minimum atomic E-state index is -1.03. The number of halogens is 1. The Hall–Kier alpha value is -1.66.